The molecule has 2 aliphatic heterocycles. The van der Waals surface area contributed by atoms with Gasteiger partial charge in [0.25, 0.3) is 11.8 Å². The van der Waals surface area contributed by atoms with E-state index in [1.54, 1.807) is 13.8 Å². The maximum atomic E-state index is 13.2. The van der Waals surface area contributed by atoms with Crippen molar-refractivity contribution in [3.05, 3.63) is 12.2 Å². The van der Waals surface area contributed by atoms with Crippen molar-refractivity contribution in [3.63, 3.8) is 0 Å². The molecule has 4 atom stereocenters. The molecule has 0 spiro atoms. The third-order valence-corrected chi connectivity index (χ3v) is 7.11. The van der Waals surface area contributed by atoms with Crippen LogP contribution in [-0.4, -0.2) is 82.9 Å². The predicted molar refractivity (Wildman–Crippen MR) is 154 cm³/mol. The first-order valence-electron chi connectivity index (χ1n) is 13.9. The summed E-state index contributed by atoms with van der Waals surface area (Å²) in [6, 6.07) is -1.79. The molecule has 0 radical (unpaired) electrons. The van der Waals surface area contributed by atoms with Crippen LogP contribution in [-0.2, 0) is 38.1 Å². The summed E-state index contributed by atoms with van der Waals surface area (Å²) in [6.07, 6.45) is 4.94. The number of hydrogen-bond donors (Lipinski definition) is 2. The Bertz CT molecular complexity index is 937. The quantitative estimate of drug-likeness (QED) is 0.176. The molecule has 0 aliphatic carbocycles. The van der Waals surface area contributed by atoms with E-state index in [1.165, 1.54) is 11.9 Å². The van der Waals surface area contributed by atoms with Crippen LogP contribution in [0, 0.1) is 11.8 Å². The average molecular weight is 643 g/mol. The zero-order valence-electron chi connectivity index (χ0n) is 24.3. The molecule has 0 aromatic rings. The van der Waals surface area contributed by atoms with Crippen LogP contribution >= 0.6 is 34.8 Å². The number of halogens is 3. The summed E-state index contributed by atoms with van der Waals surface area (Å²) in [5.41, 5.74) is 2.82. The SMILES string of the molecule is CC=CC[C@@H](CCC1(C)OCCO1)C(=O)O[C@H](C(=O)N[C@@H](C)C(=O)N1CCC[C@@H](C(=O)OCC(Cl)(Cl)Cl)N1)C(C)C. The number of alkyl halides is 3. The van der Waals surface area contributed by atoms with Gasteiger partial charge in [-0.15, -0.1) is 0 Å². The molecular formula is C27H42Cl3N3O8. The number of carbonyl (C=O) groups is 4. The maximum absolute atomic E-state index is 13.2. The van der Waals surface area contributed by atoms with Crippen molar-refractivity contribution in [1.29, 1.82) is 0 Å². The zero-order valence-corrected chi connectivity index (χ0v) is 26.5. The lowest BCUT2D eigenvalue weighted by atomic mass is 9.96. The predicted octanol–water partition coefficient (Wildman–Crippen LogP) is 3.59. The highest BCUT2D eigenvalue weighted by Gasteiger charge is 2.37. The highest BCUT2D eigenvalue weighted by molar-refractivity contribution is 6.67. The summed E-state index contributed by atoms with van der Waals surface area (Å²) < 4.78 is 20.3. The Labute approximate surface area is 256 Å². The highest BCUT2D eigenvalue weighted by Crippen LogP contribution is 2.29. The number of hydrogen-bond acceptors (Lipinski definition) is 9. The molecule has 2 N–H and O–H groups in total. The van der Waals surface area contributed by atoms with Gasteiger partial charge in [-0.3, -0.25) is 24.2 Å². The van der Waals surface area contributed by atoms with Crippen molar-refractivity contribution >= 4 is 58.6 Å². The smallest absolute Gasteiger partial charge is 0.325 e. The maximum Gasteiger partial charge on any atom is 0.325 e. The van der Waals surface area contributed by atoms with Gasteiger partial charge >= 0.3 is 11.9 Å². The standard InChI is InChI=1S/C27H42Cl3N3O8/c1-6-7-9-19(11-12-26(5)39-14-15-40-26)24(36)41-21(17(2)3)22(34)31-18(4)23(35)33-13-8-10-20(32-33)25(37)38-16-27(28,29)30/h6-7,17-21,32H,8-16H2,1-5H3,(H,31,34)/t18-,19-,20-,21-/m0/s1. The van der Waals surface area contributed by atoms with Gasteiger partial charge in [0.2, 0.25) is 3.79 Å². The largest absolute Gasteiger partial charge is 0.460 e. The molecule has 2 aliphatic rings. The molecular weight excluding hydrogens is 601 g/mol. The Hall–Kier alpha value is -1.63. The van der Waals surface area contributed by atoms with E-state index in [1.807, 2.05) is 26.0 Å². The molecule has 234 valence electrons. The van der Waals surface area contributed by atoms with Crippen molar-refractivity contribution in [2.24, 2.45) is 11.8 Å². The minimum atomic E-state index is -1.75. The molecule has 2 saturated heterocycles. The first-order chi connectivity index (χ1) is 19.2. The molecule has 41 heavy (non-hydrogen) atoms. The second-order valence-corrected chi connectivity index (χ2v) is 13.3. The van der Waals surface area contributed by atoms with Crippen molar-refractivity contribution < 1.29 is 38.1 Å². The van der Waals surface area contributed by atoms with Crippen molar-refractivity contribution in [1.82, 2.24) is 15.8 Å². The second-order valence-electron chi connectivity index (χ2n) is 10.7. The number of ether oxygens (including phenoxy) is 4. The number of rotatable bonds is 13. The number of allylic oxidation sites excluding steroid dienone is 2. The number of esters is 2. The van der Waals surface area contributed by atoms with Crippen LogP contribution in [0.4, 0.5) is 0 Å². The number of amides is 2. The molecule has 0 bridgehead atoms. The van der Waals surface area contributed by atoms with Gasteiger partial charge in [0.05, 0.1) is 19.1 Å². The molecule has 2 heterocycles. The molecule has 2 amide bonds. The number of hydrazine groups is 1. The Balaban J connectivity index is 1.97. The minimum absolute atomic E-state index is 0.314. The summed E-state index contributed by atoms with van der Waals surface area (Å²) in [7, 11) is 0. The Kier molecular flexibility index (Phi) is 14.1. The topological polar surface area (TPSA) is 132 Å². The summed E-state index contributed by atoms with van der Waals surface area (Å²) in [6.45, 7) is 9.62. The number of nitrogens with zero attached hydrogens (tertiary/aromatic N) is 1. The van der Waals surface area contributed by atoms with Gasteiger partial charge in [0, 0.05) is 13.0 Å². The average Bonchev–Trinajstić information content (AvgIpc) is 3.35. The lowest BCUT2D eigenvalue weighted by Gasteiger charge is -2.34. The van der Waals surface area contributed by atoms with Gasteiger partial charge in [-0.25, -0.2) is 5.43 Å². The number of carbonyl (C=O) groups excluding carboxylic acids is 4. The fourth-order valence-electron chi connectivity index (χ4n) is 4.44. The Morgan fingerprint density at radius 1 is 1.17 bits per heavy atom. The Morgan fingerprint density at radius 3 is 2.41 bits per heavy atom. The normalized spacial score (nSPS) is 21.4. The molecule has 14 heteroatoms. The van der Waals surface area contributed by atoms with E-state index in [2.05, 4.69) is 10.7 Å². The Morgan fingerprint density at radius 2 is 1.83 bits per heavy atom. The van der Waals surface area contributed by atoms with Crippen molar-refractivity contribution in [3.8, 4) is 0 Å². The summed E-state index contributed by atoms with van der Waals surface area (Å²) >= 11 is 16.9. The van der Waals surface area contributed by atoms with E-state index in [0.29, 0.717) is 51.9 Å². The first kappa shape index (κ1) is 35.6. The fraction of sp³-hybridized carbons (Fsp3) is 0.778. The van der Waals surface area contributed by atoms with E-state index in [9.17, 15) is 19.2 Å². The van der Waals surface area contributed by atoms with Gasteiger partial charge in [0.1, 0.15) is 18.7 Å². The van der Waals surface area contributed by atoms with Crippen LogP contribution in [0.25, 0.3) is 0 Å². The van der Waals surface area contributed by atoms with Crippen LogP contribution in [0.3, 0.4) is 0 Å². The zero-order chi connectivity index (χ0) is 30.8. The highest BCUT2D eigenvalue weighted by atomic mass is 35.6. The van der Waals surface area contributed by atoms with Gasteiger partial charge in [-0.2, -0.15) is 0 Å². The van der Waals surface area contributed by atoms with Crippen LogP contribution in [0.2, 0.25) is 0 Å². The van der Waals surface area contributed by atoms with Gasteiger partial charge in [0.15, 0.2) is 11.9 Å². The van der Waals surface area contributed by atoms with E-state index in [0.717, 1.165) is 0 Å². The lowest BCUT2D eigenvalue weighted by molar-refractivity contribution is -0.167. The summed E-state index contributed by atoms with van der Waals surface area (Å²) in [5, 5.41) is 3.90. The molecule has 0 saturated carbocycles. The van der Waals surface area contributed by atoms with E-state index < -0.39 is 64.0 Å². The van der Waals surface area contributed by atoms with Crippen LogP contribution < -0.4 is 10.7 Å². The summed E-state index contributed by atoms with van der Waals surface area (Å²) in [4.78, 5) is 51.8. The van der Waals surface area contributed by atoms with Gasteiger partial charge < -0.3 is 24.3 Å². The third-order valence-electron chi connectivity index (χ3n) is 6.79. The lowest BCUT2D eigenvalue weighted by Crippen LogP contribution is -2.60. The first-order valence-corrected chi connectivity index (χ1v) is 15.0. The molecule has 11 nitrogen and oxygen atoms in total. The van der Waals surface area contributed by atoms with Crippen LogP contribution in [0.1, 0.15) is 66.7 Å². The number of nitrogens with one attached hydrogen (secondary N) is 2. The van der Waals surface area contributed by atoms with Gasteiger partial charge in [-0.05, 0) is 52.4 Å². The van der Waals surface area contributed by atoms with E-state index in [-0.39, 0.29) is 5.92 Å². The van der Waals surface area contributed by atoms with Gasteiger partial charge in [-0.1, -0.05) is 60.8 Å². The molecule has 2 fully saturated rings. The van der Waals surface area contributed by atoms with Crippen LogP contribution in [0.15, 0.2) is 12.2 Å². The molecule has 2 rings (SSSR count). The molecule has 0 aromatic heterocycles. The van der Waals surface area contributed by atoms with Crippen molar-refractivity contribution in [2.45, 2.75) is 94.5 Å². The monoisotopic (exact) mass is 641 g/mol. The fourth-order valence-corrected chi connectivity index (χ4v) is 4.61. The third kappa shape index (κ3) is 11.9. The second kappa shape index (κ2) is 16.3. The molecule has 0 aromatic carbocycles. The minimum Gasteiger partial charge on any atom is -0.460 e. The van der Waals surface area contributed by atoms with Crippen molar-refractivity contribution in [2.75, 3.05) is 26.4 Å². The summed E-state index contributed by atoms with van der Waals surface area (Å²) in [5.74, 6) is -3.84. The molecule has 0 unspecified atom stereocenters. The van der Waals surface area contributed by atoms with Crippen LogP contribution in [0.5, 0.6) is 0 Å². The van der Waals surface area contributed by atoms with E-state index in [4.69, 9.17) is 53.8 Å². The van der Waals surface area contributed by atoms with E-state index >= 15 is 0 Å².